The number of hydrogen-bond acceptors (Lipinski definition) is 4. The van der Waals surface area contributed by atoms with E-state index in [4.69, 9.17) is 9.94 Å². The van der Waals surface area contributed by atoms with Gasteiger partial charge in [0.05, 0.1) is 6.42 Å². The first-order chi connectivity index (χ1) is 6.04. The third-order valence-corrected chi connectivity index (χ3v) is 1.78. The maximum Gasteiger partial charge on any atom is 0.306 e. The van der Waals surface area contributed by atoms with Crippen molar-refractivity contribution >= 4 is 11.9 Å². The van der Waals surface area contributed by atoms with Gasteiger partial charge in [-0.3, -0.25) is 14.4 Å². The van der Waals surface area contributed by atoms with Gasteiger partial charge in [0.2, 0.25) is 5.91 Å². The number of aliphatic carboxylic acids is 1. The van der Waals surface area contributed by atoms with E-state index in [0.717, 1.165) is 0 Å². The molecule has 0 unspecified atom stereocenters. The zero-order chi connectivity index (χ0) is 9.90. The van der Waals surface area contributed by atoms with E-state index in [9.17, 15) is 9.59 Å². The molecule has 0 radical (unpaired) electrons. The van der Waals surface area contributed by atoms with Crippen molar-refractivity contribution in [3.05, 3.63) is 0 Å². The normalized spacial score (nSPS) is 18.8. The molecule has 6 heteroatoms. The average molecular weight is 188 g/mol. The van der Waals surface area contributed by atoms with E-state index < -0.39 is 11.6 Å². The third-order valence-electron chi connectivity index (χ3n) is 1.78. The summed E-state index contributed by atoms with van der Waals surface area (Å²) in [5, 5.41) is 11.5. The highest BCUT2D eigenvalue weighted by atomic mass is 16.7. The molecule has 0 aliphatic carbocycles. The number of amides is 1. The maximum atomic E-state index is 10.5. The van der Waals surface area contributed by atoms with Gasteiger partial charge in [-0.05, 0) is 0 Å². The lowest BCUT2D eigenvalue weighted by atomic mass is 9.93. The molecule has 0 spiro atoms. The predicted octanol–water partition coefficient (Wildman–Crippen LogP) is -1.13. The van der Waals surface area contributed by atoms with Crippen molar-refractivity contribution in [3.63, 3.8) is 0 Å². The molecule has 13 heavy (non-hydrogen) atoms. The lowest BCUT2D eigenvalue weighted by Gasteiger charge is -2.39. The molecule has 1 heterocycles. The molecule has 1 amide bonds. The molecule has 6 nitrogen and oxygen atoms in total. The monoisotopic (exact) mass is 188 g/mol. The number of carboxylic acids is 1. The largest absolute Gasteiger partial charge is 0.481 e. The molecular formula is C7H12N2O4. The first kappa shape index (κ1) is 9.94. The zero-order valence-electron chi connectivity index (χ0n) is 7.29. The SMILES string of the molecule is CC(=O)NOC1(CC(=O)O)CNC1. The number of carbonyl (C=O) groups excluding carboxylic acids is 1. The van der Waals surface area contributed by atoms with Crippen LogP contribution in [0.5, 0.6) is 0 Å². The van der Waals surface area contributed by atoms with Gasteiger partial charge in [-0.2, -0.15) is 0 Å². The van der Waals surface area contributed by atoms with Crippen molar-refractivity contribution in [2.45, 2.75) is 18.9 Å². The summed E-state index contributed by atoms with van der Waals surface area (Å²) in [5.41, 5.74) is 1.39. The molecule has 1 rings (SSSR count). The van der Waals surface area contributed by atoms with Gasteiger partial charge in [0.15, 0.2) is 0 Å². The molecule has 0 bridgehead atoms. The molecular weight excluding hydrogens is 176 g/mol. The molecule has 0 aromatic rings. The number of hydrogen-bond donors (Lipinski definition) is 3. The summed E-state index contributed by atoms with van der Waals surface area (Å²) in [7, 11) is 0. The summed E-state index contributed by atoms with van der Waals surface area (Å²) < 4.78 is 0. The van der Waals surface area contributed by atoms with E-state index >= 15 is 0 Å². The van der Waals surface area contributed by atoms with Gasteiger partial charge in [-0.1, -0.05) is 0 Å². The quantitative estimate of drug-likeness (QED) is 0.486. The van der Waals surface area contributed by atoms with Crippen LogP contribution in [0.2, 0.25) is 0 Å². The minimum absolute atomic E-state index is 0.111. The van der Waals surface area contributed by atoms with Crippen LogP contribution in [0.1, 0.15) is 13.3 Å². The molecule has 74 valence electrons. The van der Waals surface area contributed by atoms with Crippen molar-refractivity contribution < 1.29 is 19.5 Å². The molecule has 1 saturated heterocycles. The number of nitrogens with one attached hydrogen (secondary N) is 2. The van der Waals surface area contributed by atoms with Crippen molar-refractivity contribution in [1.29, 1.82) is 0 Å². The Morgan fingerprint density at radius 2 is 2.23 bits per heavy atom. The topological polar surface area (TPSA) is 87.7 Å². The van der Waals surface area contributed by atoms with Crippen LogP contribution in [0.25, 0.3) is 0 Å². The molecule has 1 aliphatic rings. The van der Waals surface area contributed by atoms with Crippen LogP contribution in [-0.4, -0.2) is 35.7 Å². The van der Waals surface area contributed by atoms with E-state index in [1.165, 1.54) is 6.92 Å². The van der Waals surface area contributed by atoms with Gasteiger partial charge in [-0.25, -0.2) is 5.48 Å². The van der Waals surface area contributed by atoms with Crippen molar-refractivity contribution in [2.24, 2.45) is 0 Å². The number of hydroxylamine groups is 1. The van der Waals surface area contributed by atoms with E-state index in [1.54, 1.807) is 0 Å². The highest BCUT2D eigenvalue weighted by Gasteiger charge is 2.41. The Morgan fingerprint density at radius 1 is 1.62 bits per heavy atom. The van der Waals surface area contributed by atoms with Crippen LogP contribution in [-0.2, 0) is 14.4 Å². The smallest absolute Gasteiger partial charge is 0.306 e. The number of carboxylic acid groups (broad SMARTS) is 1. The summed E-state index contributed by atoms with van der Waals surface area (Å²) in [5.74, 6) is -1.27. The van der Waals surface area contributed by atoms with Crippen LogP contribution in [0, 0.1) is 0 Å². The van der Waals surface area contributed by atoms with Gasteiger partial charge in [0, 0.05) is 20.0 Å². The van der Waals surface area contributed by atoms with Crippen LogP contribution in [0.15, 0.2) is 0 Å². The summed E-state index contributed by atoms with van der Waals surface area (Å²) >= 11 is 0. The summed E-state index contributed by atoms with van der Waals surface area (Å²) in [6.07, 6.45) is -0.111. The highest BCUT2D eigenvalue weighted by Crippen LogP contribution is 2.19. The first-order valence-electron chi connectivity index (χ1n) is 3.91. The summed E-state index contributed by atoms with van der Waals surface area (Å²) in [4.78, 5) is 25.9. The Hall–Kier alpha value is -1.14. The van der Waals surface area contributed by atoms with Crippen molar-refractivity contribution in [1.82, 2.24) is 10.8 Å². The molecule has 0 aromatic heterocycles. The summed E-state index contributed by atoms with van der Waals surface area (Å²) in [6, 6.07) is 0. The second-order valence-corrected chi connectivity index (χ2v) is 3.12. The average Bonchev–Trinajstić information content (AvgIpc) is 1.93. The third kappa shape index (κ3) is 2.67. The lowest BCUT2D eigenvalue weighted by Crippen LogP contribution is -2.64. The molecule has 1 fully saturated rings. The van der Waals surface area contributed by atoms with E-state index in [-0.39, 0.29) is 12.3 Å². The van der Waals surface area contributed by atoms with Crippen molar-refractivity contribution in [3.8, 4) is 0 Å². The maximum absolute atomic E-state index is 10.5. The fraction of sp³-hybridized carbons (Fsp3) is 0.714. The van der Waals surface area contributed by atoms with E-state index in [2.05, 4.69) is 10.8 Å². The summed E-state index contributed by atoms with van der Waals surface area (Å²) in [6.45, 7) is 2.19. The zero-order valence-corrected chi connectivity index (χ0v) is 7.29. The molecule has 0 atom stereocenters. The number of carbonyl (C=O) groups is 2. The van der Waals surface area contributed by atoms with Crippen LogP contribution < -0.4 is 10.8 Å². The predicted molar refractivity (Wildman–Crippen MR) is 42.8 cm³/mol. The highest BCUT2D eigenvalue weighted by molar-refractivity contribution is 5.72. The van der Waals surface area contributed by atoms with Crippen LogP contribution in [0.3, 0.4) is 0 Å². The second kappa shape index (κ2) is 3.71. The first-order valence-corrected chi connectivity index (χ1v) is 3.91. The second-order valence-electron chi connectivity index (χ2n) is 3.12. The minimum Gasteiger partial charge on any atom is -0.481 e. The van der Waals surface area contributed by atoms with Crippen LogP contribution in [0.4, 0.5) is 0 Å². The standard InChI is InChI=1S/C7H12N2O4/c1-5(10)9-13-7(2-6(11)12)3-8-4-7/h8H,2-4H2,1H3,(H,9,10)(H,11,12). The Labute approximate surface area is 75.2 Å². The van der Waals surface area contributed by atoms with Gasteiger partial charge in [-0.15, -0.1) is 0 Å². The van der Waals surface area contributed by atoms with Gasteiger partial charge >= 0.3 is 5.97 Å². The van der Waals surface area contributed by atoms with E-state index in [1.807, 2.05) is 0 Å². The Morgan fingerprint density at radius 3 is 2.54 bits per heavy atom. The van der Waals surface area contributed by atoms with Gasteiger partial charge < -0.3 is 10.4 Å². The fourth-order valence-electron chi connectivity index (χ4n) is 1.09. The molecule has 1 aliphatic heterocycles. The Bertz CT molecular complexity index is 225. The number of rotatable bonds is 4. The fourth-order valence-corrected chi connectivity index (χ4v) is 1.09. The van der Waals surface area contributed by atoms with Crippen LogP contribution >= 0.6 is 0 Å². The molecule has 0 aromatic carbocycles. The Balaban J connectivity index is 2.40. The van der Waals surface area contributed by atoms with E-state index in [0.29, 0.717) is 13.1 Å². The molecule has 0 saturated carbocycles. The van der Waals surface area contributed by atoms with Gasteiger partial charge in [0.25, 0.3) is 0 Å². The molecule has 3 N–H and O–H groups in total. The minimum atomic E-state index is -0.938. The lowest BCUT2D eigenvalue weighted by molar-refractivity contribution is -0.172. The Kier molecular flexibility index (Phi) is 2.84. The van der Waals surface area contributed by atoms with Crippen molar-refractivity contribution in [2.75, 3.05) is 13.1 Å². The van der Waals surface area contributed by atoms with Gasteiger partial charge in [0.1, 0.15) is 5.60 Å².